The monoisotopic (exact) mass is 424 g/mol. The number of hydrogen-bond donors (Lipinski definition) is 4. The highest BCUT2D eigenvalue weighted by Crippen LogP contribution is 2.19. The molecule has 0 spiro atoms. The molecule has 1 heterocycles. The molecule has 0 aromatic heterocycles. The molecule has 3 rings (SSSR count). The minimum atomic E-state index is -0.632. The largest absolute Gasteiger partial charge is 0.348 e. The zero-order valence-electron chi connectivity index (χ0n) is 14.3. The summed E-state index contributed by atoms with van der Waals surface area (Å²) in [6.45, 7) is 1.89. The van der Waals surface area contributed by atoms with Crippen molar-refractivity contribution >= 4 is 47.0 Å². The van der Waals surface area contributed by atoms with Crippen LogP contribution in [0.5, 0.6) is 0 Å². The highest BCUT2D eigenvalue weighted by atomic mass is 35.5. The van der Waals surface area contributed by atoms with Crippen molar-refractivity contribution in [2.75, 3.05) is 0 Å². The van der Waals surface area contributed by atoms with Crippen molar-refractivity contribution in [1.29, 1.82) is 0 Å². The van der Waals surface area contributed by atoms with E-state index in [2.05, 4.69) is 20.9 Å². The number of amides is 2. The van der Waals surface area contributed by atoms with Gasteiger partial charge in [-0.25, -0.2) is 5.43 Å². The maximum absolute atomic E-state index is 12.7. The van der Waals surface area contributed by atoms with Crippen molar-refractivity contribution in [3.8, 4) is 0 Å². The first kappa shape index (κ1) is 20.0. The summed E-state index contributed by atoms with van der Waals surface area (Å²) < 4.78 is 0. The predicted octanol–water partition coefficient (Wildman–Crippen LogP) is 3.05. The van der Waals surface area contributed by atoms with Crippen LogP contribution in [0.4, 0.5) is 0 Å². The Kier molecular flexibility index (Phi) is 6.62. The number of nitrogens with one attached hydrogen (secondary N) is 4. The molecule has 3 atom stereocenters. The maximum atomic E-state index is 12.7. The summed E-state index contributed by atoms with van der Waals surface area (Å²) in [4.78, 5) is 27.9. The zero-order valence-corrected chi connectivity index (χ0v) is 16.7. The van der Waals surface area contributed by atoms with E-state index in [1.54, 1.807) is 36.4 Å². The van der Waals surface area contributed by atoms with E-state index in [1.807, 2.05) is 19.1 Å². The Balaban J connectivity index is 1.62. The lowest BCUT2D eigenvalue weighted by atomic mass is 10.1. The molecule has 2 aromatic carbocycles. The van der Waals surface area contributed by atoms with Gasteiger partial charge in [0.2, 0.25) is 5.91 Å². The number of rotatable bonds is 5. The molecule has 2 amide bonds. The standard InChI is InChI=1S/C18H18Cl2N4O2S/c1-10(11-5-7-13(19)8-6-11)21-17(26)15-18(27-24-23-15)22-16(25)12-3-2-4-14(20)9-12/h2-10,15,18,23-24H,1H3,(H,21,26)(H,22,25). The van der Waals surface area contributed by atoms with Crippen LogP contribution in [0, 0.1) is 0 Å². The van der Waals surface area contributed by atoms with Gasteiger partial charge in [0, 0.05) is 15.6 Å². The van der Waals surface area contributed by atoms with Crippen LogP contribution in [0.2, 0.25) is 10.0 Å². The van der Waals surface area contributed by atoms with Gasteiger partial charge in [0.25, 0.3) is 5.91 Å². The quantitative estimate of drug-likeness (QED) is 0.554. The van der Waals surface area contributed by atoms with Crippen LogP contribution in [0.3, 0.4) is 0 Å². The molecule has 27 heavy (non-hydrogen) atoms. The van der Waals surface area contributed by atoms with Gasteiger partial charge in [-0.3, -0.25) is 9.59 Å². The summed E-state index contributed by atoms with van der Waals surface area (Å²) in [7, 11) is 0. The van der Waals surface area contributed by atoms with Crippen LogP contribution >= 0.6 is 35.1 Å². The van der Waals surface area contributed by atoms with Crippen LogP contribution in [0.1, 0.15) is 28.9 Å². The van der Waals surface area contributed by atoms with E-state index in [0.717, 1.165) is 5.56 Å². The van der Waals surface area contributed by atoms with Gasteiger partial charge in [-0.1, -0.05) is 41.4 Å². The Morgan fingerprint density at radius 2 is 1.85 bits per heavy atom. The molecule has 0 saturated carbocycles. The second-order valence-electron chi connectivity index (χ2n) is 6.03. The molecule has 4 N–H and O–H groups in total. The molecule has 142 valence electrons. The first-order chi connectivity index (χ1) is 12.9. The Hall–Kier alpha value is -1.77. The van der Waals surface area contributed by atoms with Gasteiger partial charge in [-0.15, -0.1) is 0 Å². The first-order valence-corrected chi connectivity index (χ1v) is 9.86. The van der Waals surface area contributed by atoms with Gasteiger partial charge in [0.05, 0.1) is 6.04 Å². The van der Waals surface area contributed by atoms with E-state index in [4.69, 9.17) is 23.2 Å². The average Bonchev–Trinajstić information content (AvgIpc) is 3.10. The lowest BCUT2D eigenvalue weighted by molar-refractivity contribution is -0.123. The highest BCUT2D eigenvalue weighted by Gasteiger charge is 2.35. The van der Waals surface area contributed by atoms with E-state index in [1.165, 1.54) is 11.9 Å². The summed E-state index contributed by atoms with van der Waals surface area (Å²) in [5.74, 6) is -0.532. The fourth-order valence-corrected chi connectivity index (χ4v) is 3.73. The highest BCUT2D eigenvalue weighted by molar-refractivity contribution is 7.98. The van der Waals surface area contributed by atoms with Gasteiger partial charge in [0.1, 0.15) is 11.4 Å². The van der Waals surface area contributed by atoms with E-state index in [9.17, 15) is 9.59 Å². The average molecular weight is 425 g/mol. The third kappa shape index (κ3) is 5.15. The topological polar surface area (TPSA) is 82.3 Å². The van der Waals surface area contributed by atoms with Gasteiger partial charge in [-0.2, -0.15) is 4.83 Å². The van der Waals surface area contributed by atoms with E-state index in [-0.39, 0.29) is 17.9 Å². The molecule has 9 heteroatoms. The summed E-state index contributed by atoms with van der Waals surface area (Å²) in [6, 6.07) is 13.1. The summed E-state index contributed by atoms with van der Waals surface area (Å²) in [5.41, 5.74) is 4.25. The second-order valence-corrected chi connectivity index (χ2v) is 7.85. The summed E-state index contributed by atoms with van der Waals surface area (Å²) in [5, 5.41) is 6.41. The van der Waals surface area contributed by atoms with Crippen molar-refractivity contribution in [1.82, 2.24) is 20.9 Å². The molecular weight excluding hydrogens is 407 g/mol. The van der Waals surface area contributed by atoms with Crippen molar-refractivity contribution in [2.24, 2.45) is 0 Å². The molecule has 0 aliphatic carbocycles. The van der Waals surface area contributed by atoms with Crippen LogP contribution in [0.15, 0.2) is 48.5 Å². The Morgan fingerprint density at radius 1 is 1.11 bits per heavy atom. The Morgan fingerprint density at radius 3 is 2.56 bits per heavy atom. The van der Waals surface area contributed by atoms with E-state index in [0.29, 0.717) is 15.6 Å². The molecule has 6 nitrogen and oxygen atoms in total. The second kappa shape index (κ2) is 8.95. The third-order valence-corrected chi connectivity index (χ3v) is 5.44. The van der Waals surface area contributed by atoms with Gasteiger partial charge < -0.3 is 10.6 Å². The third-order valence-electron chi connectivity index (χ3n) is 4.07. The molecule has 0 bridgehead atoms. The fraction of sp³-hybridized carbons (Fsp3) is 0.222. The predicted molar refractivity (Wildman–Crippen MR) is 108 cm³/mol. The van der Waals surface area contributed by atoms with Crippen molar-refractivity contribution in [3.05, 3.63) is 69.7 Å². The molecule has 1 fully saturated rings. The summed E-state index contributed by atoms with van der Waals surface area (Å²) >= 11 is 13.1. The molecular formula is C18H18Cl2N4O2S. The van der Waals surface area contributed by atoms with Crippen LogP contribution < -0.4 is 20.9 Å². The van der Waals surface area contributed by atoms with Crippen molar-refractivity contribution in [3.63, 3.8) is 0 Å². The number of halogens is 2. The van der Waals surface area contributed by atoms with Crippen LogP contribution in [-0.2, 0) is 4.79 Å². The molecule has 1 aliphatic rings. The lowest BCUT2D eigenvalue weighted by Crippen LogP contribution is -2.52. The molecule has 3 unspecified atom stereocenters. The number of hydrogen-bond acceptors (Lipinski definition) is 5. The minimum Gasteiger partial charge on any atom is -0.348 e. The smallest absolute Gasteiger partial charge is 0.252 e. The number of carbonyl (C=O) groups excluding carboxylic acids is 2. The fourth-order valence-electron chi connectivity index (χ4n) is 2.60. The maximum Gasteiger partial charge on any atom is 0.252 e. The Labute approximate surface area is 171 Å². The minimum absolute atomic E-state index is 0.202. The van der Waals surface area contributed by atoms with Gasteiger partial charge in [-0.05, 0) is 54.8 Å². The van der Waals surface area contributed by atoms with Crippen molar-refractivity contribution < 1.29 is 9.59 Å². The van der Waals surface area contributed by atoms with Gasteiger partial charge in [0.15, 0.2) is 0 Å². The SMILES string of the molecule is CC(NC(=O)C1NNSC1NC(=O)c1cccc(Cl)c1)c1ccc(Cl)cc1. The zero-order chi connectivity index (χ0) is 19.4. The molecule has 0 radical (unpaired) electrons. The summed E-state index contributed by atoms with van der Waals surface area (Å²) in [6.07, 6.45) is 0. The molecule has 1 saturated heterocycles. The van der Waals surface area contributed by atoms with Crippen LogP contribution in [-0.4, -0.2) is 23.2 Å². The molecule has 2 aromatic rings. The number of carbonyl (C=O) groups is 2. The van der Waals surface area contributed by atoms with Crippen LogP contribution in [0.25, 0.3) is 0 Å². The van der Waals surface area contributed by atoms with Crippen molar-refractivity contribution in [2.45, 2.75) is 24.4 Å². The normalized spacial score (nSPS) is 20.1. The van der Waals surface area contributed by atoms with Gasteiger partial charge >= 0.3 is 0 Å². The number of hydrazine groups is 1. The van der Waals surface area contributed by atoms with E-state index < -0.39 is 11.4 Å². The number of benzene rings is 2. The molecule has 1 aliphatic heterocycles. The lowest BCUT2D eigenvalue weighted by Gasteiger charge is -2.21. The Bertz CT molecular complexity index is 834. The first-order valence-electron chi connectivity index (χ1n) is 8.22. The van der Waals surface area contributed by atoms with E-state index >= 15 is 0 Å².